The van der Waals surface area contributed by atoms with Gasteiger partial charge in [0.15, 0.2) is 0 Å². The van der Waals surface area contributed by atoms with E-state index in [1.165, 1.54) is 6.07 Å². The van der Waals surface area contributed by atoms with E-state index in [1.807, 2.05) is 5.43 Å². The van der Waals surface area contributed by atoms with E-state index in [0.717, 1.165) is 6.08 Å². The van der Waals surface area contributed by atoms with E-state index in [4.69, 9.17) is 10.8 Å². The van der Waals surface area contributed by atoms with E-state index < -0.39 is 17.8 Å². The first-order valence-corrected chi connectivity index (χ1v) is 4.86. The number of carbonyl (C=O) groups is 3. The van der Waals surface area contributed by atoms with Crippen molar-refractivity contribution >= 4 is 23.5 Å². The van der Waals surface area contributed by atoms with Crippen LogP contribution >= 0.6 is 0 Å². The second-order valence-electron chi connectivity index (χ2n) is 3.20. The summed E-state index contributed by atoms with van der Waals surface area (Å²) in [4.78, 5) is 32.8. The largest absolute Gasteiger partial charge is 0.478 e. The van der Waals surface area contributed by atoms with Crippen LogP contribution in [0.3, 0.4) is 0 Å². The number of benzene rings is 1. The Morgan fingerprint density at radius 3 is 2.39 bits per heavy atom. The number of hydrazine groups is 1. The van der Waals surface area contributed by atoms with Gasteiger partial charge in [0.05, 0.1) is 5.56 Å². The number of para-hydroxylation sites is 1. The molecule has 94 valence electrons. The molecule has 0 heterocycles. The van der Waals surface area contributed by atoms with Crippen LogP contribution in [0.4, 0.5) is 5.69 Å². The van der Waals surface area contributed by atoms with Crippen LogP contribution in [0, 0.1) is 0 Å². The molecule has 7 heteroatoms. The molecule has 0 bridgehead atoms. The standard InChI is InChI=1S/C11H11N3O4/c12-8-4-2-1-3-7(8)11(18)14-13-9(15)5-6-10(16)17/h1-6H,12H2,(H,13,15)(H,14,18)(H,16,17). The van der Waals surface area contributed by atoms with Crippen molar-refractivity contribution in [3.05, 3.63) is 42.0 Å². The first kappa shape index (κ1) is 13.2. The highest BCUT2D eigenvalue weighted by Gasteiger charge is 2.08. The third-order valence-electron chi connectivity index (χ3n) is 1.88. The maximum absolute atomic E-state index is 11.6. The normalized spacial score (nSPS) is 10.0. The molecule has 5 N–H and O–H groups in total. The van der Waals surface area contributed by atoms with Crippen molar-refractivity contribution in [1.29, 1.82) is 0 Å². The van der Waals surface area contributed by atoms with E-state index in [2.05, 4.69) is 5.43 Å². The zero-order valence-corrected chi connectivity index (χ0v) is 9.21. The summed E-state index contributed by atoms with van der Waals surface area (Å²) in [5, 5.41) is 8.28. The Hall–Kier alpha value is -2.83. The fraction of sp³-hybridized carbons (Fsp3) is 0. The van der Waals surface area contributed by atoms with Gasteiger partial charge in [0.2, 0.25) is 0 Å². The smallest absolute Gasteiger partial charge is 0.328 e. The van der Waals surface area contributed by atoms with Crippen LogP contribution in [0.5, 0.6) is 0 Å². The molecule has 0 aliphatic heterocycles. The number of hydrogen-bond donors (Lipinski definition) is 4. The fourth-order valence-electron chi connectivity index (χ4n) is 1.08. The number of rotatable bonds is 3. The summed E-state index contributed by atoms with van der Waals surface area (Å²) in [6.07, 6.45) is 1.43. The van der Waals surface area contributed by atoms with Crippen LogP contribution in [0.2, 0.25) is 0 Å². The molecule has 0 saturated carbocycles. The lowest BCUT2D eigenvalue weighted by Crippen LogP contribution is -2.41. The predicted octanol–water partition coefficient (Wildman–Crippen LogP) is -0.329. The molecule has 0 atom stereocenters. The van der Waals surface area contributed by atoms with Crippen molar-refractivity contribution in [3.8, 4) is 0 Å². The van der Waals surface area contributed by atoms with E-state index in [9.17, 15) is 14.4 Å². The van der Waals surface area contributed by atoms with Gasteiger partial charge in [-0.25, -0.2) is 4.79 Å². The van der Waals surface area contributed by atoms with Crippen molar-refractivity contribution in [2.45, 2.75) is 0 Å². The number of amides is 2. The quantitative estimate of drug-likeness (QED) is 0.332. The molecule has 2 amide bonds. The molecule has 0 aliphatic rings. The maximum Gasteiger partial charge on any atom is 0.328 e. The molecule has 0 saturated heterocycles. The van der Waals surface area contributed by atoms with Gasteiger partial charge in [-0.05, 0) is 12.1 Å². The molecule has 0 aromatic heterocycles. The molecule has 7 nitrogen and oxygen atoms in total. The summed E-state index contributed by atoms with van der Waals surface area (Å²) in [5.74, 6) is -2.62. The monoisotopic (exact) mass is 249 g/mol. The third-order valence-corrected chi connectivity index (χ3v) is 1.88. The molecule has 0 unspecified atom stereocenters. The second-order valence-corrected chi connectivity index (χ2v) is 3.20. The lowest BCUT2D eigenvalue weighted by atomic mass is 10.2. The Kier molecular flexibility index (Phi) is 4.44. The summed E-state index contributed by atoms with van der Waals surface area (Å²) in [6.45, 7) is 0. The number of carboxylic acids is 1. The number of nitrogens with two attached hydrogens (primary N) is 1. The van der Waals surface area contributed by atoms with Gasteiger partial charge < -0.3 is 10.8 Å². The first-order chi connectivity index (χ1) is 8.50. The van der Waals surface area contributed by atoms with Gasteiger partial charge >= 0.3 is 5.97 Å². The minimum atomic E-state index is -1.26. The molecule has 0 spiro atoms. The van der Waals surface area contributed by atoms with Gasteiger partial charge in [-0.2, -0.15) is 0 Å². The summed E-state index contributed by atoms with van der Waals surface area (Å²) in [5.41, 5.74) is 10.2. The molecule has 0 radical (unpaired) electrons. The van der Waals surface area contributed by atoms with Crippen LogP contribution in [0.15, 0.2) is 36.4 Å². The SMILES string of the molecule is Nc1ccccc1C(=O)NNC(=O)C=CC(=O)O. The number of nitrogens with one attached hydrogen (secondary N) is 2. The number of anilines is 1. The number of nitrogen functional groups attached to an aromatic ring is 1. The Morgan fingerprint density at radius 1 is 1.11 bits per heavy atom. The number of hydrogen-bond acceptors (Lipinski definition) is 4. The highest BCUT2D eigenvalue weighted by atomic mass is 16.4. The van der Waals surface area contributed by atoms with E-state index in [1.54, 1.807) is 18.2 Å². The molecule has 1 aromatic carbocycles. The van der Waals surface area contributed by atoms with E-state index in [0.29, 0.717) is 6.08 Å². The molecule has 1 rings (SSSR count). The number of carboxylic acid groups (broad SMARTS) is 1. The molecule has 1 aromatic rings. The van der Waals surface area contributed by atoms with Gasteiger partial charge in [-0.1, -0.05) is 12.1 Å². The van der Waals surface area contributed by atoms with Gasteiger partial charge in [-0.3, -0.25) is 20.4 Å². The van der Waals surface area contributed by atoms with Crippen LogP contribution in [0.1, 0.15) is 10.4 Å². The summed E-state index contributed by atoms with van der Waals surface area (Å²) in [6, 6.07) is 6.32. The molecular weight excluding hydrogens is 238 g/mol. The first-order valence-electron chi connectivity index (χ1n) is 4.86. The predicted molar refractivity (Wildman–Crippen MR) is 63.2 cm³/mol. The maximum atomic E-state index is 11.6. The lowest BCUT2D eigenvalue weighted by molar-refractivity contribution is -0.131. The zero-order valence-electron chi connectivity index (χ0n) is 9.21. The number of aliphatic carboxylic acids is 1. The summed E-state index contributed by atoms with van der Waals surface area (Å²) >= 11 is 0. The minimum absolute atomic E-state index is 0.208. The van der Waals surface area contributed by atoms with Crippen molar-refractivity contribution in [2.75, 3.05) is 5.73 Å². The van der Waals surface area contributed by atoms with Crippen molar-refractivity contribution in [2.24, 2.45) is 0 Å². The highest BCUT2D eigenvalue weighted by molar-refractivity contribution is 6.01. The minimum Gasteiger partial charge on any atom is -0.478 e. The van der Waals surface area contributed by atoms with Crippen molar-refractivity contribution < 1.29 is 19.5 Å². The van der Waals surface area contributed by atoms with Gasteiger partial charge in [0, 0.05) is 17.8 Å². The lowest BCUT2D eigenvalue weighted by Gasteiger charge is -2.06. The van der Waals surface area contributed by atoms with E-state index in [-0.39, 0.29) is 11.3 Å². The topological polar surface area (TPSA) is 122 Å². The fourth-order valence-corrected chi connectivity index (χ4v) is 1.08. The summed E-state index contributed by atoms with van der Waals surface area (Å²) < 4.78 is 0. The Balaban J connectivity index is 2.55. The molecule has 0 fully saturated rings. The number of carbonyl (C=O) groups excluding carboxylic acids is 2. The highest BCUT2D eigenvalue weighted by Crippen LogP contribution is 2.09. The van der Waals surface area contributed by atoms with Crippen molar-refractivity contribution in [1.82, 2.24) is 10.9 Å². The Bertz CT molecular complexity index is 511. The van der Waals surface area contributed by atoms with Crippen LogP contribution in [0.25, 0.3) is 0 Å². The third kappa shape index (κ3) is 3.97. The second kappa shape index (κ2) is 6.04. The average Bonchev–Trinajstić information content (AvgIpc) is 2.34. The van der Waals surface area contributed by atoms with Crippen molar-refractivity contribution in [3.63, 3.8) is 0 Å². The molecule has 0 aliphatic carbocycles. The van der Waals surface area contributed by atoms with Gasteiger partial charge in [0.1, 0.15) is 0 Å². The molecular formula is C11H11N3O4. The van der Waals surface area contributed by atoms with Crippen LogP contribution < -0.4 is 16.6 Å². The summed E-state index contributed by atoms with van der Waals surface area (Å²) in [7, 11) is 0. The van der Waals surface area contributed by atoms with Crippen LogP contribution in [-0.4, -0.2) is 22.9 Å². The Labute approximate surface area is 102 Å². The van der Waals surface area contributed by atoms with Gasteiger partial charge in [0.25, 0.3) is 11.8 Å². The van der Waals surface area contributed by atoms with Gasteiger partial charge in [-0.15, -0.1) is 0 Å². The average molecular weight is 249 g/mol. The zero-order chi connectivity index (χ0) is 13.5. The van der Waals surface area contributed by atoms with E-state index >= 15 is 0 Å². The Morgan fingerprint density at radius 2 is 1.78 bits per heavy atom. The van der Waals surface area contributed by atoms with Crippen LogP contribution in [-0.2, 0) is 9.59 Å². The molecule has 18 heavy (non-hydrogen) atoms.